The van der Waals surface area contributed by atoms with Crippen LogP contribution >= 0.6 is 0 Å². The number of nitrogens with zero attached hydrogens (tertiary/aromatic N) is 3. The molecule has 5 heterocycles. The van der Waals surface area contributed by atoms with Crippen molar-refractivity contribution < 1.29 is 18.9 Å². The largest absolute Gasteiger partial charge is 0.496 e. The van der Waals surface area contributed by atoms with Crippen LogP contribution in [-0.4, -0.2) is 112 Å². The Morgan fingerprint density at radius 1 is 0.413 bits per heavy atom. The van der Waals surface area contributed by atoms with Crippen LogP contribution in [0.1, 0.15) is 84.2 Å². The first-order valence-electron chi connectivity index (χ1n) is 26.0. The fraction of sp³-hybridized carbons (Fsp3) is 0.312. The van der Waals surface area contributed by atoms with Gasteiger partial charge < -0.3 is 38.9 Å². The Balaban J connectivity index is 1.41. The van der Waals surface area contributed by atoms with Crippen molar-refractivity contribution in [2.45, 2.75) is 39.0 Å². The van der Waals surface area contributed by atoms with E-state index in [2.05, 4.69) is 189 Å². The van der Waals surface area contributed by atoms with Crippen LogP contribution < -0.4 is 53.8 Å². The van der Waals surface area contributed by atoms with Gasteiger partial charge in [-0.25, -0.2) is 0 Å². The fourth-order valence-electron chi connectivity index (χ4n) is 11.6. The number of quaternary nitrogens is 3. The van der Waals surface area contributed by atoms with Crippen LogP contribution in [0.15, 0.2) is 121 Å². The van der Waals surface area contributed by atoms with Crippen molar-refractivity contribution in [1.29, 1.82) is 0 Å². The minimum atomic E-state index is 0.0590. The molecule has 0 amide bonds. The fourth-order valence-corrected chi connectivity index (χ4v) is 11.6. The number of hydrogen-bond donors (Lipinski definition) is 4. The van der Waals surface area contributed by atoms with Crippen LogP contribution in [0.4, 0.5) is 17.1 Å². The normalized spacial score (nSPS) is 16.6. The molecule has 1 aliphatic carbocycles. The highest BCUT2D eigenvalue weighted by Crippen LogP contribution is 2.66. The minimum Gasteiger partial charge on any atom is -0.496 e. The van der Waals surface area contributed by atoms with E-state index in [1.54, 1.807) is 28.4 Å². The van der Waals surface area contributed by atoms with Gasteiger partial charge in [0.1, 0.15) is 40.1 Å². The van der Waals surface area contributed by atoms with Gasteiger partial charge >= 0.3 is 0 Å². The van der Waals surface area contributed by atoms with Crippen LogP contribution in [0.2, 0.25) is 0 Å². The van der Waals surface area contributed by atoms with Gasteiger partial charge in [0.25, 0.3) is 0 Å². The van der Waals surface area contributed by atoms with Gasteiger partial charge in [0.05, 0.1) is 109 Å². The molecule has 1 fully saturated rings. The molecule has 10 rings (SSSR count). The zero-order chi connectivity index (χ0) is 53.6. The van der Waals surface area contributed by atoms with Crippen molar-refractivity contribution in [3.63, 3.8) is 0 Å². The molecule has 1 saturated carbocycles. The van der Waals surface area contributed by atoms with E-state index < -0.39 is 0 Å². The molecule has 1 atom stereocenters. The summed E-state index contributed by atoms with van der Waals surface area (Å²) in [4.78, 5) is 16.1. The lowest BCUT2D eigenvalue weighted by Crippen LogP contribution is -2.37. The van der Waals surface area contributed by atoms with E-state index in [9.17, 15) is 0 Å². The van der Waals surface area contributed by atoms with Gasteiger partial charge in [-0.2, -0.15) is 0 Å². The Morgan fingerprint density at radius 3 is 1.05 bits per heavy atom. The summed E-state index contributed by atoms with van der Waals surface area (Å²) in [7, 11) is 27.0. The zero-order valence-corrected chi connectivity index (χ0v) is 46.9. The van der Waals surface area contributed by atoms with E-state index in [1.807, 2.05) is 36.4 Å². The molecular formula is C64H76N7O4+3. The number of methoxy groups -OCH3 is 4. The lowest BCUT2D eigenvalue weighted by atomic mass is 9.83. The quantitative estimate of drug-likeness (QED) is 0.0868. The summed E-state index contributed by atoms with van der Waals surface area (Å²) < 4.78 is 26.8. The second-order valence-electron chi connectivity index (χ2n) is 23.8. The third-order valence-corrected chi connectivity index (χ3v) is 16.0. The molecule has 0 radical (unpaired) electrons. The molecule has 1 aliphatic heterocycles. The molecule has 4 aromatic carbocycles. The predicted molar refractivity (Wildman–Crippen MR) is 309 cm³/mol. The molecule has 1 unspecified atom stereocenters. The van der Waals surface area contributed by atoms with Crippen molar-refractivity contribution in [1.82, 2.24) is 33.4 Å². The highest BCUT2D eigenvalue weighted by molar-refractivity contribution is 5.89. The van der Waals surface area contributed by atoms with Crippen molar-refractivity contribution in [3.05, 3.63) is 193 Å². The number of fused-ring (bicyclic) bond motifs is 8. The number of aromatic amines is 4. The third kappa shape index (κ3) is 8.90. The maximum absolute atomic E-state index is 6.21. The Morgan fingerprint density at radius 2 is 0.733 bits per heavy atom. The number of ether oxygens (including phenoxy) is 4. The molecule has 11 nitrogen and oxygen atoms in total. The number of benzene rings is 4. The molecule has 4 aromatic heterocycles. The Hall–Kier alpha value is -7.44. The summed E-state index contributed by atoms with van der Waals surface area (Å²) in [5.41, 5.74) is 16.6. The van der Waals surface area contributed by atoms with E-state index in [0.29, 0.717) is 36.4 Å². The SMILES string of the molecule is CCC1(c2cc(C3=c4ccc([nH]4)=C(c4c(OC)cccc4OC)c4ccc([nH]4)C(c4cc([N+](C)(C)C)cc([N+](C)(C)C)c4)=c4ccc([nH]4)=C(c4c(OC)cccc4OC)c4ccc3[nH]4)cc([N+](C)(C)C)c2)CC1(C)C. The van der Waals surface area contributed by atoms with E-state index >= 15 is 0 Å². The van der Waals surface area contributed by atoms with Gasteiger partial charge in [0.15, 0.2) is 0 Å². The predicted octanol–water partition coefficient (Wildman–Crippen LogP) is 9.00. The Labute approximate surface area is 442 Å². The monoisotopic (exact) mass is 1010 g/mol. The number of H-pyrrole nitrogens is 4. The van der Waals surface area contributed by atoms with Gasteiger partial charge in [-0.15, -0.1) is 0 Å². The van der Waals surface area contributed by atoms with E-state index in [1.165, 1.54) is 22.6 Å². The Kier molecular flexibility index (Phi) is 12.6. The summed E-state index contributed by atoms with van der Waals surface area (Å²) in [6.07, 6.45) is 2.19. The highest BCUT2D eigenvalue weighted by Gasteiger charge is 2.60. The molecular weight excluding hydrogens is 931 g/mol. The summed E-state index contributed by atoms with van der Waals surface area (Å²) in [5, 5.41) is 3.66. The number of aromatic nitrogens is 4. The minimum absolute atomic E-state index is 0.0590. The van der Waals surface area contributed by atoms with Gasteiger partial charge in [-0.1, -0.05) is 32.9 Å². The van der Waals surface area contributed by atoms with Crippen molar-refractivity contribution in [2.75, 3.05) is 91.9 Å². The average Bonchev–Trinajstić information content (AvgIpc) is 4.14. The summed E-state index contributed by atoms with van der Waals surface area (Å²) >= 11 is 0. The molecule has 0 saturated heterocycles. The first kappa shape index (κ1) is 51.1. The smallest absolute Gasteiger partial charge is 0.138 e. The second-order valence-corrected chi connectivity index (χ2v) is 23.8. The maximum atomic E-state index is 6.21. The first-order valence-corrected chi connectivity index (χ1v) is 26.0. The lowest BCUT2D eigenvalue weighted by molar-refractivity contribution is 0.392. The number of rotatable bonds is 13. The second kappa shape index (κ2) is 18.4. The lowest BCUT2D eigenvalue weighted by Gasteiger charge is -2.29. The van der Waals surface area contributed by atoms with Crippen molar-refractivity contribution in [2.24, 2.45) is 5.41 Å². The molecule has 2 aliphatic rings. The van der Waals surface area contributed by atoms with Crippen LogP contribution in [0.25, 0.3) is 22.3 Å². The number of nitrogens with one attached hydrogen (secondary N) is 4. The molecule has 8 aromatic rings. The standard InChI is InChI=1S/C64H76N7O4/c1-17-64(38-63(64,2)3)41-32-39(33-42(36-41)69(4,5)6)57-45-24-28-49(65-45)59(61-53(72-13)20-18-21-54(61)73-14)51-30-26-47(67-51)58(40-34-43(70(7,8)9)37-44(35-40)71(10,11)12)48-27-31-52(68-48)60(50-29-25-46(57)66-50)62-55(74-15)22-19-23-56(62)75-16/h18-37,65-68H,17,38H2,1-16H3/q+3. The van der Waals surface area contributed by atoms with Gasteiger partial charge in [-0.3, -0.25) is 13.4 Å². The van der Waals surface area contributed by atoms with Gasteiger partial charge in [-0.05, 0) is 114 Å². The van der Waals surface area contributed by atoms with Crippen molar-refractivity contribution >= 4 is 39.4 Å². The van der Waals surface area contributed by atoms with Crippen LogP contribution in [0, 0.1) is 5.41 Å². The first-order chi connectivity index (χ1) is 35.5. The highest BCUT2D eigenvalue weighted by atomic mass is 16.5. The number of hydrogen-bond acceptors (Lipinski definition) is 4. The summed E-state index contributed by atoms with van der Waals surface area (Å²) in [6, 6.07) is 43.8. The van der Waals surface area contributed by atoms with E-state index in [-0.39, 0.29) is 10.8 Å². The molecule has 8 bridgehead atoms. The molecule has 4 N–H and O–H groups in total. The van der Waals surface area contributed by atoms with E-state index in [4.69, 9.17) is 18.9 Å². The molecule has 0 spiro atoms. The summed E-state index contributed by atoms with van der Waals surface area (Å²) in [6.45, 7) is 7.18. The molecule has 75 heavy (non-hydrogen) atoms. The molecule has 11 heteroatoms. The topological polar surface area (TPSA) is 100 Å². The van der Waals surface area contributed by atoms with Gasteiger partial charge in [0, 0.05) is 96.1 Å². The van der Waals surface area contributed by atoms with Crippen LogP contribution in [-0.2, 0) is 5.41 Å². The van der Waals surface area contributed by atoms with Crippen LogP contribution in [0.5, 0.6) is 23.0 Å². The average molecular weight is 1010 g/mol. The summed E-state index contributed by atoms with van der Waals surface area (Å²) in [5.74, 6) is 2.77. The van der Waals surface area contributed by atoms with E-state index in [0.717, 1.165) is 102 Å². The third-order valence-electron chi connectivity index (χ3n) is 16.0. The molecule has 388 valence electrons. The van der Waals surface area contributed by atoms with Crippen molar-refractivity contribution in [3.8, 4) is 23.0 Å². The van der Waals surface area contributed by atoms with Gasteiger partial charge in [0.2, 0.25) is 0 Å². The maximum Gasteiger partial charge on any atom is 0.138 e. The van der Waals surface area contributed by atoms with Crippen LogP contribution in [0.3, 0.4) is 0 Å². The Bertz CT molecular complexity index is 3710. The zero-order valence-electron chi connectivity index (χ0n) is 46.9.